The third-order valence-corrected chi connectivity index (χ3v) is 3.20. The third kappa shape index (κ3) is 5.10. The Morgan fingerprint density at radius 3 is 2.62 bits per heavy atom. The van der Waals surface area contributed by atoms with Gasteiger partial charge in [0.05, 0.1) is 6.54 Å². The molecule has 0 bridgehead atoms. The van der Waals surface area contributed by atoms with Crippen molar-refractivity contribution in [1.82, 2.24) is 4.90 Å². The van der Waals surface area contributed by atoms with Crippen LogP contribution in [0.4, 0.5) is 11.4 Å². The van der Waals surface area contributed by atoms with Gasteiger partial charge in [-0.05, 0) is 49.0 Å². The minimum absolute atomic E-state index is 0.0660. The van der Waals surface area contributed by atoms with Crippen molar-refractivity contribution < 1.29 is 4.79 Å². The van der Waals surface area contributed by atoms with Gasteiger partial charge in [-0.3, -0.25) is 9.69 Å². The quantitative estimate of drug-likeness (QED) is 0.835. The molecule has 0 unspecified atom stereocenters. The molecular formula is C16H18ClN3O. The highest BCUT2D eigenvalue weighted by molar-refractivity contribution is 6.30. The predicted molar refractivity (Wildman–Crippen MR) is 87.3 cm³/mol. The van der Waals surface area contributed by atoms with Crippen LogP contribution in [0.2, 0.25) is 5.02 Å². The first-order valence-corrected chi connectivity index (χ1v) is 6.99. The van der Waals surface area contributed by atoms with E-state index in [1.165, 1.54) is 0 Å². The van der Waals surface area contributed by atoms with Gasteiger partial charge in [-0.2, -0.15) is 0 Å². The Morgan fingerprint density at radius 1 is 1.24 bits per heavy atom. The van der Waals surface area contributed by atoms with Gasteiger partial charge in [0.15, 0.2) is 0 Å². The maximum absolute atomic E-state index is 12.0. The van der Waals surface area contributed by atoms with Crippen LogP contribution in [-0.2, 0) is 11.3 Å². The Balaban J connectivity index is 1.86. The fourth-order valence-electron chi connectivity index (χ4n) is 2.04. The van der Waals surface area contributed by atoms with Gasteiger partial charge >= 0.3 is 0 Å². The van der Waals surface area contributed by atoms with Crippen LogP contribution >= 0.6 is 11.6 Å². The summed E-state index contributed by atoms with van der Waals surface area (Å²) in [6.07, 6.45) is 0. The van der Waals surface area contributed by atoms with Crippen LogP contribution < -0.4 is 11.1 Å². The van der Waals surface area contributed by atoms with Crippen LogP contribution in [0.15, 0.2) is 48.5 Å². The molecule has 0 aliphatic heterocycles. The van der Waals surface area contributed by atoms with Crippen LogP contribution in [0.5, 0.6) is 0 Å². The van der Waals surface area contributed by atoms with Gasteiger partial charge in [-0.15, -0.1) is 0 Å². The van der Waals surface area contributed by atoms with E-state index in [0.717, 1.165) is 16.9 Å². The summed E-state index contributed by atoms with van der Waals surface area (Å²) in [5.41, 5.74) is 8.29. The van der Waals surface area contributed by atoms with Crippen LogP contribution in [0, 0.1) is 0 Å². The normalized spacial score (nSPS) is 10.6. The number of nitrogens with two attached hydrogens (primary N) is 1. The highest BCUT2D eigenvalue weighted by atomic mass is 35.5. The molecule has 0 atom stereocenters. The Morgan fingerprint density at radius 2 is 1.95 bits per heavy atom. The van der Waals surface area contributed by atoms with Crippen LogP contribution in [0.3, 0.4) is 0 Å². The second-order valence-electron chi connectivity index (χ2n) is 4.97. The van der Waals surface area contributed by atoms with E-state index < -0.39 is 0 Å². The number of likely N-dealkylation sites (N-methyl/N-ethyl adjacent to an activating group) is 1. The topological polar surface area (TPSA) is 58.4 Å². The molecule has 110 valence electrons. The molecule has 0 saturated carbocycles. The maximum Gasteiger partial charge on any atom is 0.238 e. The molecule has 0 aliphatic rings. The number of nitrogens with one attached hydrogen (secondary N) is 1. The molecule has 0 aromatic heterocycles. The van der Waals surface area contributed by atoms with Gasteiger partial charge in [0.25, 0.3) is 0 Å². The van der Waals surface area contributed by atoms with Gasteiger partial charge in [-0.25, -0.2) is 0 Å². The van der Waals surface area contributed by atoms with Crippen molar-refractivity contribution in [3.8, 4) is 0 Å². The summed E-state index contributed by atoms with van der Waals surface area (Å²) in [5, 5.41) is 3.48. The van der Waals surface area contributed by atoms with E-state index in [2.05, 4.69) is 5.32 Å². The standard InChI is InChI=1S/C16H18ClN3O/c1-20(10-12-3-2-4-14(18)9-12)11-16(21)19-15-7-5-13(17)6-8-15/h2-9H,10-11,18H2,1H3,(H,19,21). The van der Waals surface area contributed by atoms with Crippen LogP contribution in [-0.4, -0.2) is 24.4 Å². The molecule has 4 nitrogen and oxygen atoms in total. The number of carbonyl (C=O) groups excluding carboxylic acids is 1. The Bertz CT molecular complexity index is 613. The van der Waals surface area contributed by atoms with Crippen molar-refractivity contribution in [3.05, 3.63) is 59.1 Å². The molecular weight excluding hydrogens is 286 g/mol. The van der Waals surface area contributed by atoms with Crippen molar-refractivity contribution >= 4 is 28.9 Å². The molecule has 2 aromatic rings. The van der Waals surface area contributed by atoms with Crippen molar-refractivity contribution in [2.75, 3.05) is 24.6 Å². The van der Waals surface area contributed by atoms with Gasteiger partial charge in [0, 0.05) is 22.9 Å². The van der Waals surface area contributed by atoms with E-state index in [4.69, 9.17) is 17.3 Å². The summed E-state index contributed by atoms with van der Waals surface area (Å²) >= 11 is 5.80. The first-order valence-electron chi connectivity index (χ1n) is 6.61. The zero-order chi connectivity index (χ0) is 15.2. The van der Waals surface area contributed by atoms with Gasteiger partial charge < -0.3 is 11.1 Å². The van der Waals surface area contributed by atoms with Gasteiger partial charge in [0.2, 0.25) is 5.91 Å². The van der Waals surface area contributed by atoms with Crippen molar-refractivity contribution in [2.45, 2.75) is 6.54 Å². The number of halogens is 1. The average molecular weight is 304 g/mol. The molecule has 0 saturated heterocycles. The summed E-state index contributed by atoms with van der Waals surface area (Å²) in [4.78, 5) is 13.9. The fraction of sp³-hybridized carbons (Fsp3) is 0.188. The molecule has 2 aromatic carbocycles. The van der Waals surface area contributed by atoms with E-state index in [0.29, 0.717) is 18.1 Å². The van der Waals surface area contributed by atoms with E-state index in [1.54, 1.807) is 24.3 Å². The first-order chi connectivity index (χ1) is 10.0. The summed E-state index contributed by atoms with van der Waals surface area (Å²) in [7, 11) is 1.89. The lowest BCUT2D eigenvalue weighted by atomic mass is 10.2. The second-order valence-corrected chi connectivity index (χ2v) is 5.41. The summed E-state index contributed by atoms with van der Waals surface area (Å²) in [5.74, 6) is -0.0660. The zero-order valence-electron chi connectivity index (χ0n) is 11.8. The van der Waals surface area contributed by atoms with Crippen molar-refractivity contribution in [2.24, 2.45) is 0 Å². The van der Waals surface area contributed by atoms with E-state index in [-0.39, 0.29) is 5.91 Å². The van der Waals surface area contributed by atoms with E-state index >= 15 is 0 Å². The Kier molecular flexibility index (Phi) is 5.20. The minimum atomic E-state index is -0.0660. The lowest BCUT2D eigenvalue weighted by Crippen LogP contribution is -2.29. The zero-order valence-corrected chi connectivity index (χ0v) is 12.6. The number of hydrogen-bond donors (Lipinski definition) is 2. The van der Waals surface area contributed by atoms with Crippen LogP contribution in [0.1, 0.15) is 5.56 Å². The molecule has 2 rings (SSSR count). The monoisotopic (exact) mass is 303 g/mol. The molecule has 3 N–H and O–H groups in total. The maximum atomic E-state index is 12.0. The summed E-state index contributed by atoms with van der Waals surface area (Å²) < 4.78 is 0. The van der Waals surface area contributed by atoms with Gasteiger partial charge in [-0.1, -0.05) is 23.7 Å². The molecule has 1 amide bonds. The van der Waals surface area contributed by atoms with Crippen LogP contribution in [0.25, 0.3) is 0 Å². The lowest BCUT2D eigenvalue weighted by molar-refractivity contribution is -0.117. The molecule has 0 heterocycles. The lowest BCUT2D eigenvalue weighted by Gasteiger charge is -2.16. The smallest absolute Gasteiger partial charge is 0.238 e. The number of amides is 1. The fourth-order valence-corrected chi connectivity index (χ4v) is 2.16. The minimum Gasteiger partial charge on any atom is -0.399 e. The second kappa shape index (κ2) is 7.11. The molecule has 21 heavy (non-hydrogen) atoms. The Labute approximate surface area is 129 Å². The average Bonchev–Trinajstić information content (AvgIpc) is 2.41. The SMILES string of the molecule is CN(CC(=O)Nc1ccc(Cl)cc1)Cc1cccc(N)c1. The Hall–Kier alpha value is -2.04. The third-order valence-electron chi connectivity index (χ3n) is 2.95. The first kappa shape index (κ1) is 15.4. The number of carbonyl (C=O) groups is 1. The number of benzene rings is 2. The van der Waals surface area contributed by atoms with E-state index in [1.807, 2.05) is 36.2 Å². The highest BCUT2D eigenvalue weighted by Crippen LogP contribution is 2.13. The molecule has 0 aliphatic carbocycles. The number of hydrogen-bond acceptors (Lipinski definition) is 3. The van der Waals surface area contributed by atoms with Crippen molar-refractivity contribution in [3.63, 3.8) is 0 Å². The molecule has 0 fully saturated rings. The predicted octanol–water partition coefficient (Wildman–Crippen LogP) is 2.99. The summed E-state index contributed by atoms with van der Waals surface area (Å²) in [6.45, 7) is 0.969. The largest absolute Gasteiger partial charge is 0.399 e. The van der Waals surface area contributed by atoms with Crippen molar-refractivity contribution in [1.29, 1.82) is 0 Å². The molecule has 5 heteroatoms. The molecule has 0 spiro atoms. The number of rotatable bonds is 5. The van der Waals surface area contributed by atoms with Gasteiger partial charge in [0.1, 0.15) is 0 Å². The number of anilines is 2. The number of nitrogens with zero attached hydrogens (tertiary/aromatic N) is 1. The summed E-state index contributed by atoms with van der Waals surface area (Å²) in [6, 6.07) is 14.7. The highest BCUT2D eigenvalue weighted by Gasteiger charge is 2.07. The number of nitrogen functional groups attached to an aromatic ring is 1. The molecule has 0 radical (unpaired) electrons. The van der Waals surface area contributed by atoms with E-state index in [9.17, 15) is 4.79 Å².